The molecule has 0 rings (SSSR count). The van der Waals surface area contributed by atoms with Gasteiger partial charge < -0.3 is 10.2 Å². The van der Waals surface area contributed by atoms with Crippen molar-refractivity contribution in [3.63, 3.8) is 0 Å². The van der Waals surface area contributed by atoms with Gasteiger partial charge in [0, 0.05) is 38.4 Å². The quantitative estimate of drug-likeness (QED) is 0.211. The van der Waals surface area contributed by atoms with Crippen molar-refractivity contribution in [1.29, 1.82) is 0 Å². The van der Waals surface area contributed by atoms with Gasteiger partial charge in [0.05, 0.1) is 0 Å². The Hall–Kier alpha value is -1.12. The minimum absolute atomic E-state index is 0.0235. The van der Waals surface area contributed by atoms with E-state index in [1.54, 1.807) is 25.9 Å². The number of carbonyl (C=O) groups is 3. The highest BCUT2D eigenvalue weighted by atomic mass is 32.2. The van der Waals surface area contributed by atoms with Crippen LogP contribution in [0, 0.1) is 5.41 Å². The minimum Gasteiger partial charge on any atom is -0.333 e. The second-order valence-corrected chi connectivity index (χ2v) is 8.82. The maximum absolute atomic E-state index is 12.8. The molecule has 7 nitrogen and oxygen atoms in total. The molecule has 0 aliphatic carbocycles. The second-order valence-electron chi connectivity index (χ2n) is 7.84. The lowest BCUT2D eigenvalue weighted by molar-refractivity contribution is -0.147. The highest BCUT2D eigenvalue weighted by Crippen LogP contribution is 2.20. The summed E-state index contributed by atoms with van der Waals surface area (Å²) in [5, 5.41) is 4.03. The molecule has 8 heteroatoms. The molecule has 158 valence electrons. The molecule has 0 heterocycles. The molecule has 1 atom stereocenters. The number of hydrazine groups is 1. The Morgan fingerprint density at radius 3 is 2.30 bits per heavy atom. The van der Waals surface area contributed by atoms with Crippen LogP contribution in [-0.4, -0.2) is 72.7 Å². The molecule has 0 bridgehead atoms. The number of nitrogens with one attached hydrogen (secondary N) is 1. The molecule has 3 N–H and O–H groups in total. The van der Waals surface area contributed by atoms with Gasteiger partial charge in [0.2, 0.25) is 5.91 Å². The van der Waals surface area contributed by atoms with Gasteiger partial charge in [0.15, 0.2) is 0 Å². The first-order valence-corrected chi connectivity index (χ1v) is 10.9. The van der Waals surface area contributed by atoms with Crippen LogP contribution in [-0.2, 0) is 14.4 Å². The van der Waals surface area contributed by atoms with Gasteiger partial charge in [0.1, 0.15) is 11.8 Å². The molecule has 0 radical (unpaired) electrons. The summed E-state index contributed by atoms with van der Waals surface area (Å²) in [5.41, 5.74) is -0.579. The van der Waals surface area contributed by atoms with E-state index in [4.69, 9.17) is 5.84 Å². The molecule has 0 aliphatic rings. The van der Waals surface area contributed by atoms with Crippen LogP contribution in [0.1, 0.15) is 52.9 Å². The van der Waals surface area contributed by atoms with Gasteiger partial charge in [0.25, 0.3) is 5.91 Å². The van der Waals surface area contributed by atoms with E-state index < -0.39 is 17.4 Å². The zero-order valence-electron chi connectivity index (χ0n) is 17.8. The summed E-state index contributed by atoms with van der Waals surface area (Å²) >= 11 is 1.79. The maximum Gasteiger partial charge on any atom is 0.259 e. The van der Waals surface area contributed by atoms with Crippen molar-refractivity contribution < 1.29 is 14.4 Å². The summed E-state index contributed by atoms with van der Waals surface area (Å²) in [6.45, 7) is 6.28. The molecule has 0 aliphatic heterocycles. The summed E-state index contributed by atoms with van der Waals surface area (Å²) in [6, 6.07) is -0.864. The van der Waals surface area contributed by atoms with E-state index in [1.165, 1.54) is 4.90 Å². The van der Waals surface area contributed by atoms with Crippen LogP contribution in [0.4, 0.5) is 0 Å². The van der Waals surface area contributed by atoms with E-state index in [1.807, 2.05) is 20.8 Å². The number of rotatable bonds is 13. The van der Waals surface area contributed by atoms with Gasteiger partial charge in [-0.05, 0) is 31.9 Å². The number of amides is 2. The normalized spacial score (nSPS) is 12.6. The van der Waals surface area contributed by atoms with Crippen LogP contribution in [0.2, 0.25) is 0 Å². The van der Waals surface area contributed by atoms with Crippen molar-refractivity contribution in [3.05, 3.63) is 0 Å². The maximum atomic E-state index is 12.8. The number of thioether (sulfide) groups is 1. The predicted molar refractivity (Wildman–Crippen MR) is 112 cm³/mol. The zero-order chi connectivity index (χ0) is 21.0. The number of likely N-dealkylation sites (N-methyl/N-ethyl adjacent to an activating group) is 2. The Kier molecular flexibility index (Phi) is 12.6. The van der Waals surface area contributed by atoms with Crippen LogP contribution in [0.25, 0.3) is 0 Å². The molecule has 27 heavy (non-hydrogen) atoms. The van der Waals surface area contributed by atoms with E-state index in [9.17, 15) is 14.4 Å². The highest BCUT2D eigenvalue weighted by molar-refractivity contribution is 7.98. The van der Waals surface area contributed by atoms with Crippen molar-refractivity contribution in [3.8, 4) is 0 Å². The molecule has 2 amide bonds. The topological polar surface area (TPSA) is 95.7 Å². The average Bonchev–Trinajstić information content (AvgIpc) is 2.61. The number of unbranched alkanes of at least 4 members (excludes halogenated alkanes) is 2. The Labute approximate surface area is 168 Å². The Bertz CT molecular complexity index is 480. The molecule has 0 aromatic carbocycles. The molecule has 1 unspecified atom stereocenters. The molecular formula is C19H38N4O3S. The second kappa shape index (κ2) is 13.1. The number of nitrogens with two attached hydrogens (primary N) is 1. The minimum atomic E-state index is -0.864. The number of nitrogens with zero attached hydrogens (tertiary/aromatic N) is 2. The average molecular weight is 403 g/mol. The molecule has 0 aromatic heterocycles. The molecule has 0 fully saturated rings. The largest absolute Gasteiger partial charge is 0.333 e. The summed E-state index contributed by atoms with van der Waals surface area (Å²) < 4.78 is 0. The van der Waals surface area contributed by atoms with Gasteiger partial charge in [-0.2, -0.15) is 11.8 Å². The number of carbonyl (C=O) groups excluding carboxylic acids is 3. The summed E-state index contributed by atoms with van der Waals surface area (Å²) in [6.07, 6.45) is 5.25. The molecule has 0 saturated heterocycles. The smallest absolute Gasteiger partial charge is 0.259 e. The Morgan fingerprint density at radius 2 is 1.78 bits per heavy atom. The number of hydrogen-bond acceptors (Lipinski definition) is 6. The van der Waals surface area contributed by atoms with Crippen molar-refractivity contribution in [1.82, 2.24) is 15.2 Å². The third kappa shape index (κ3) is 10.1. The van der Waals surface area contributed by atoms with Crippen LogP contribution in [0.15, 0.2) is 0 Å². The number of Topliss-reactive ketones (excluding diaryl/α,β-unsaturated/α-hetero) is 1. The van der Waals surface area contributed by atoms with E-state index in [2.05, 4.69) is 11.6 Å². The fraction of sp³-hybridized carbons (Fsp3) is 0.842. The third-order valence-corrected chi connectivity index (χ3v) is 5.18. The van der Waals surface area contributed by atoms with Gasteiger partial charge in [-0.25, -0.2) is 5.84 Å². The Balaban J connectivity index is 5.06. The van der Waals surface area contributed by atoms with Crippen LogP contribution < -0.4 is 11.2 Å². The first-order chi connectivity index (χ1) is 12.6. The van der Waals surface area contributed by atoms with Crippen LogP contribution >= 0.6 is 11.8 Å². The lowest BCUT2D eigenvalue weighted by Crippen LogP contribution is -2.54. The lowest BCUT2D eigenvalue weighted by atomic mass is 9.86. The number of ketones is 1. The van der Waals surface area contributed by atoms with E-state index in [0.29, 0.717) is 19.5 Å². The van der Waals surface area contributed by atoms with Crippen molar-refractivity contribution in [2.45, 2.75) is 58.9 Å². The van der Waals surface area contributed by atoms with E-state index in [-0.39, 0.29) is 18.1 Å². The fourth-order valence-corrected chi connectivity index (χ4v) is 2.95. The standard InChI is InChI=1S/C19H38N4O3S/c1-19(2,3)16(24)14-15(18(26)23(20)12-11-21-4)22(5)17(25)10-8-7-9-13-27-6/h15,21H,7-14,20H2,1-6H3. The van der Waals surface area contributed by atoms with Gasteiger partial charge in [-0.3, -0.25) is 19.4 Å². The van der Waals surface area contributed by atoms with Gasteiger partial charge in [-0.1, -0.05) is 27.2 Å². The summed E-state index contributed by atoms with van der Waals surface area (Å²) in [4.78, 5) is 39.3. The third-order valence-electron chi connectivity index (χ3n) is 4.49. The van der Waals surface area contributed by atoms with Crippen LogP contribution in [0.5, 0.6) is 0 Å². The van der Waals surface area contributed by atoms with Crippen molar-refractivity contribution in [2.24, 2.45) is 11.3 Å². The van der Waals surface area contributed by atoms with E-state index >= 15 is 0 Å². The van der Waals surface area contributed by atoms with Crippen molar-refractivity contribution >= 4 is 29.4 Å². The Morgan fingerprint density at radius 1 is 1.15 bits per heavy atom. The lowest BCUT2D eigenvalue weighted by Gasteiger charge is -2.32. The number of hydrogen-bond donors (Lipinski definition) is 2. The van der Waals surface area contributed by atoms with E-state index in [0.717, 1.165) is 30.0 Å². The summed E-state index contributed by atoms with van der Waals surface area (Å²) in [7, 11) is 3.36. The molecule has 0 saturated carbocycles. The highest BCUT2D eigenvalue weighted by Gasteiger charge is 2.34. The molecule has 0 aromatic rings. The SMILES string of the molecule is CNCCN(N)C(=O)C(CC(=O)C(C)(C)C)N(C)C(=O)CCCCCSC. The zero-order valence-corrected chi connectivity index (χ0v) is 18.7. The van der Waals surface area contributed by atoms with Gasteiger partial charge in [-0.15, -0.1) is 0 Å². The molecule has 0 spiro atoms. The monoisotopic (exact) mass is 402 g/mol. The van der Waals surface area contributed by atoms with Crippen molar-refractivity contribution in [2.75, 3.05) is 39.2 Å². The fourth-order valence-electron chi connectivity index (χ4n) is 2.46. The first kappa shape index (κ1) is 25.9. The summed E-state index contributed by atoms with van der Waals surface area (Å²) in [5.74, 6) is 6.36. The van der Waals surface area contributed by atoms with Gasteiger partial charge >= 0.3 is 0 Å². The van der Waals surface area contributed by atoms with Crippen LogP contribution in [0.3, 0.4) is 0 Å². The predicted octanol–water partition coefficient (Wildman–Crippen LogP) is 1.66. The molecular weight excluding hydrogens is 364 g/mol. The first-order valence-electron chi connectivity index (χ1n) is 9.54.